The van der Waals surface area contributed by atoms with Crippen LogP contribution in [0.1, 0.15) is 61.8 Å². The molecule has 4 unspecified atom stereocenters. The zero-order valence-corrected chi connectivity index (χ0v) is 17.4. The van der Waals surface area contributed by atoms with E-state index in [-0.39, 0.29) is 18.6 Å². The van der Waals surface area contributed by atoms with E-state index in [1.54, 1.807) is 12.3 Å². The predicted molar refractivity (Wildman–Crippen MR) is 110 cm³/mol. The fourth-order valence-corrected chi connectivity index (χ4v) is 6.86. The summed E-state index contributed by atoms with van der Waals surface area (Å²) in [4.78, 5) is 0. The highest BCUT2D eigenvalue weighted by Gasteiger charge is 2.63. The lowest BCUT2D eigenvalue weighted by molar-refractivity contribution is -0.111. The first kappa shape index (κ1) is 20.0. The molecule has 4 N–H and O–H groups in total. The normalized spacial score (nSPS) is 36.1. The van der Waals surface area contributed by atoms with Crippen LogP contribution in [0.4, 0.5) is 0 Å². The maximum Gasteiger partial charge on any atom is 0.116 e. The van der Waals surface area contributed by atoms with Crippen molar-refractivity contribution in [1.82, 2.24) is 15.0 Å². The molecule has 2 aromatic rings. The second-order valence-corrected chi connectivity index (χ2v) is 9.82. The Balaban J connectivity index is 1.43. The number of aliphatic hydroxyl groups excluding tert-OH is 2. The Kier molecular flexibility index (Phi) is 4.69. The minimum Gasteiger partial charge on any atom is -0.508 e. The number of nitrogens with zero attached hydrogens (tertiary/aromatic N) is 3. The second-order valence-electron chi connectivity index (χ2n) is 9.82. The van der Waals surface area contributed by atoms with Gasteiger partial charge in [-0.3, -0.25) is 0 Å². The number of phenolic OH excluding ortho intramolecular Hbond substituents is 1. The summed E-state index contributed by atoms with van der Waals surface area (Å²) in [5.74, 6) is 1.78. The lowest BCUT2D eigenvalue weighted by Crippen LogP contribution is -2.49. The Morgan fingerprint density at radius 3 is 2.87 bits per heavy atom. The van der Waals surface area contributed by atoms with E-state index in [1.165, 1.54) is 15.8 Å². The monoisotopic (exact) mass is 413 g/mol. The Labute approximate surface area is 176 Å². The molecule has 6 atom stereocenters. The van der Waals surface area contributed by atoms with Gasteiger partial charge in [-0.2, -0.15) is 0 Å². The Bertz CT molecular complexity index is 946. The molecule has 0 bridgehead atoms. The number of hydrogen-bond donors (Lipinski definition) is 4. The van der Waals surface area contributed by atoms with Gasteiger partial charge in [0.1, 0.15) is 17.0 Å². The van der Waals surface area contributed by atoms with E-state index in [4.69, 9.17) is 5.11 Å². The van der Waals surface area contributed by atoms with E-state index in [1.807, 2.05) is 6.07 Å². The van der Waals surface area contributed by atoms with Crippen molar-refractivity contribution in [3.63, 3.8) is 0 Å². The van der Waals surface area contributed by atoms with Crippen molar-refractivity contribution in [1.29, 1.82) is 0 Å². The van der Waals surface area contributed by atoms with Gasteiger partial charge in [0.25, 0.3) is 0 Å². The van der Waals surface area contributed by atoms with Crippen molar-refractivity contribution in [3.05, 3.63) is 41.2 Å². The van der Waals surface area contributed by atoms with Crippen LogP contribution in [0.2, 0.25) is 0 Å². The number of aromatic nitrogens is 3. The summed E-state index contributed by atoms with van der Waals surface area (Å²) >= 11 is 0. The molecule has 0 radical (unpaired) electrons. The Morgan fingerprint density at radius 1 is 1.23 bits per heavy atom. The topological polar surface area (TPSA) is 112 Å². The third kappa shape index (κ3) is 2.82. The van der Waals surface area contributed by atoms with E-state index in [0.29, 0.717) is 35.6 Å². The van der Waals surface area contributed by atoms with Crippen LogP contribution < -0.4 is 0 Å². The van der Waals surface area contributed by atoms with Gasteiger partial charge < -0.3 is 20.4 Å². The highest BCUT2D eigenvalue weighted by atomic mass is 16.3. The number of aliphatic hydroxyl groups is 3. The number of phenols is 1. The summed E-state index contributed by atoms with van der Waals surface area (Å²) in [6.45, 7) is 2.05. The van der Waals surface area contributed by atoms with E-state index < -0.39 is 11.7 Å². The summed E-state index contributed by atoms with van der Waals surface area (Å²) in [5, 5.41) is 48.9. The molecule has 162 valence electrons. The lowest BCUT2D eigenvalue weighted by atomic mass is 9.53. The van der Waals surface area contributed by atoms with Gasteiger partial charge in [-0.15, -0.1) is 5.10 Å². The molecule has 7 nitrogen and oxygen atoms in total. The zero-order chi connectivity index (χ0) is 21.1. The van der Waals surface area contributed by atoms with Crippen LogP contribution in [0.15, 0.2) is 24.4 Å². The molecule has 2 saturated carbocycles. The largest absolute Gasteiger partial charge is 0.508 e. The minimum atomic E-state index is -1.03. The summed E-state index contributed by atoms with van der Waals surface area (Å²) in [6, 6.07) is 5.83. The van der Waals surface area contributed by atoms with Crippen molar-refractivity contribution in [2.75, 3.05) is 6.61 Å². The fourth-order valence-electron chi connectivity index (χ4n) is 6.86. The molecule has 3 aliphatic carbocycles. The molecule has 30 heavy (non-hydrogen) atoms. The average Bonchev–Trinajstić information content (AvgIpc) is 3.31. The summed E-state index contributed by atoms with van der Waals surface area (Å²) in [5.41, 5.74) is 1.94. The predicted octanol–water partition coefficient (Wildman–Crippen LogP) is 2.08. The fraction of sp³-hybridized carbons (Fsp3) is 0.652. The van der Waals surface area contributed by atoms with Crippen molar-refractivity contribution in [2.24, 2.45) is 17.3 Å². The van der Waals surface area contributed by atoms with Crippen LogP contribution in [-0.2, 0) is 18.6 Å². The smallest absolute Gasteiger partial charge is 0.116 e. The molecule has 3 aliphatic rings. The lowest BCUT2D eigenvalue weighted by Gasteiger charge is -2.52. The van der Waals surface area contributed by atoms with Crippen LogP contribution in [0.25, 0.3) is 0 Å². The van der Waals surface area contributed by atoms with Gasteiger partial charge in [-0.1, -0.05) is 18.2 Å². The standard InChI is InChI=1S/C23H31N3O4/c1-22-8-6-18-17-5-3-15(28)10-14(17)2-4-19(18)20(22)7-9-23(22,30)21-12-26(25-24-21)11-16(29)13-27/h3,5,10,12,16,18-20,27-30H,2,4,6-9,11,13H2,1H3/t16?,18?,19?,20?,22-,23+/m0/s1. The quantitative estimate of drug-likeness (QED) is 0.611. The van der Waals surface area contributed by atoms with E-state index in [2.05, 4.69) is 23.3 Å². The number of aryl methyl sites for hydroxylation is 1. The molecule has 2 fully saturated rings. The van der Waals surface area contributed by atoms with Crippen LogP contribution in [-0.4, -0.2) is 48.1 Å². The van der Waals surface area contributed by atoms with Gasteiger partial charge in [0.15, 0.2) is 0 Å². The summed E-state index contributed by atoms with van der Waals surface area (Å²) in [7, 11) is 0. The van der Waals surface area contributed by atoms with Crippen LogP contribution >= 0.6 is 0 Å². The van der Waals surface area contributed by atoms with Crippen LogP contribution in [0.3, 0.4) is 0 Å². The number of hydrogen-bond acceptors (Lipinski definition) is 6. The Hall–Kier alpha value is -1.96. The third-order valence-corrected chi connectivity index (χ3v) is 8.43. The second kappa shape index (κ2) is 7.04. The van der Waals surface area contributed by atoms with E-state index in [0.717, 1.165) is 32.1 Å². The van der Waals surface area contributed by atoms with E-state index >= 15 is 0 Å². The average molecular weight is 414 g/mol. The summed E-state index contributed by atoms with van der Waals surface area (Å²) < 4.78 is 1.51. The molecule has 7 heteroatoms. The SMILES string of the molecule is C[C@]12CCC3c4ccc(O)cc4CCC3C1CC[C@@]2(O)c1cn(CC(O)CO)nn1. The van der Waals surface area contributed by atoms with Crippen LogP contribution in [0.5, 0.6) is 5.75 Å². The van der Waals surface area contributed by atoms with Crippen molar-refractivity contribution in [2.45, 2.75) is 69.6 Å². The number of fused-ring (bicyclic) bond motifs is 5. The summed E-state index contributed by atoms with van der Waals surface area (Å²) in [6.07, 6.45) is 6.49. The van der Waals surface area contributed by atoms with Gasteiger partial charge in [-0.05, 0) is 79.5 Å². The van der Waals surface area contributed by atoms with Gasteiger partial charge in [0, 0.05) is 5.41 Å². The highest BCUT2D eigenvalue weighted by Crippen LogP contribution is 2.66. The number of benzene rings is 1. The molecular weight excluding hydrogens is 382 g/mol. The first-order valence-corrected chi connectivity index (χ1v) is 11.1. The molecule has 0 spiro atoms. The first-order valence-electron chi connectivity index (χ1n) is 11.1. The Morgan fingerprint density at radius 2 is 2.07 bits per heavy atom. The molecule has 1 aromatic heterocycles. The van der Waals surface area contributed by atoms with Gasteiger partial charge in [0.05, 0.1) is 25.5 Å². The molecule has 0 amide bonds. The molecule has 0 saturated heterocycles. The number of aromatic hydroxyl groups is 1. The van der Waals surface area contributed by atoms with Gasteiger partial charge in [0.2, 0.25) is 0 Å². The van der Waals surface area contributed by atoms with Crippen molar-refractivity contribution in [3.8, 4) is 5.75 Å². The van der Waals surface area contributed by atoms with E-state index in [9.17, 15) is 15.3 Å². The minimum absolute atomic E-state index is 0.161. The van der Waals surface area contributed by atoms with Gasteiger partial charge >= 0.3 is 0 Å². The van der Waals surface area contributed by atoms with Gasteiger partial charge in [-0.25, -0.2) is 4.68 Å². The van der Waals surface area contributed by atoms with Crippen LogP contribution in [0, 0.1) is 17.3 Å². The maximum absolute atomic E-state index is 11.9. The maximum atomic E-state index is 11.9. The highest BCUT2D eigenvalue weighted by molar-refractivity contribution is 5.40. The molecular formula is C23H31N3O4. The molecule has 1 heterocycles. The molecule has 0 aliphatic heterocycles. The number of rotatable bonds is 4. The first-order chi connectivity index (χ1) is 14.4. The molecule has 5 rings (SSSR count). The molecule has 1 aromatic carbocycles. The van der Waals surface area contributed by atoms with Crippen molar-refractivity contribution < 1.29 is 20.4 Å². The zero-order valence-electron chi connectivity index (χ0n) is 17.4. The van der Waals surface area contributed by atoms with Crippen molar-refractivity contribution >= 4 is 0 Å². The third-order valence-electron chi connectivity index (χ3n) is 8.43.